The summed E-state index contributed by atoms with van der Waals surface area (Å²) in [6.45, 7) is 2.24. The van der Waals surface area contributed by atoms with Crippen molar-refractivity contribution >= 4 is 6.08 Å². The van der Waals surface area contributed by atoms with E-state index in [0.717, 1.165) is 12.8 Å². The van der Waals surface area contributed by atoms with Crippen LogP contribution in [0.15, 0.2) is 54.6 Å². The second-order valence-corrected chi connectivity index (χ2v) is 8.93. The molecule has 35 heavy (non-hydrogen) atoms. The van der Waals surface area contributed by atoms with E-state index in [4.69, 9.17) is 4.74 Å². The highest BCUT2D eigenvalue weighted by Crippen LogP contribution is 2.39. The van der Waals surface area contributed by atoms with Gasteiger partial charge >= 0.3 is 0 Å². The number of benzene rings is 3. The maximum atomic E-state index is 14.9. The zero-order chi connectivity index (χ0) is 24.9. The minimum Gasteiger partial charge on any atom is -0.508 e. The lowest BCUT2D eigenvalue weighted by Crippen LogP contribution is -2.13. The van der Waals surface area contributed by atoms with Gasteiger partial charge in [-0.25, -0.2) is 17.6 Å². The summed E-state index contributed by atoms with van der Waals surface area (Å²) in [4.78, 5) is 0. The Morgan fingerprint density at radius 1 is 0.829 bits per heavy atom. The molecule has 4 rings (SSSR count). The maximum Gasteiger partial charge on any atom is 0.166 e. The molecule has 1 fully saturated rings. The normalized spacial score (nSPS) is 18.3. The Kier molecular flexibility index (Phi) is 7.91. The fourth-order valence-electron chi connectivity index (χ4n) is 4.66. The van der Waals surface area contributed by atoms with Crippen molar-refractivity contribution in [2.75, 3.05) is 6.61 Å². The van der Waals surface area contributed by atoms with Crippen LogP contribution in [0.1, 0.15) is 55.2 Å². The largest absolute Gasteiger partial charge is 0.508 e. The molecular formula is C29H28F4O2. The van der Waals surface area contributed by atoms with Crippen LogP contribution in [-0.2, 0) is 11.3 Å². The minimum atomic E-state index is -0.891. The highest BCUT2D eigenvalue weighted by atomic mass is 19.2. The summed E-state index contributed by atoms with van der Waals surface area (Å²) in [5.41, 5.74) is 1.39. The van der Waals surface area contributed by atoms with E-state index in [1.54, 1.807) is 43.3 Å². The minimum absolute atomic E-state index is 0.0281. The first-order chi connectivity index (χ1) is 16.9. The molecule has 0 aromatic heterocycles. The summed E-state index contributed by atoms with van der Waals surface area (Å²) in [5.74, 6) is -3.39. The van der Waals surface area contributed by atoms with E-state index in [1.807, 2.05) is 6.08 Å². The first-order valence-electron chi connectivity index (χ1n) is 11.9. The number of aromatic hydroxyl groups is 1. The Hall–Kier alpha value is -3.12. The van der Waals surface area contributed by atoms with Gasteiger partial charge in [-0.15, -0.1) is 0 Å². The molecular weight excluding hydrogens is 456 g/mol. The third-order valence-electron chi connectivity index (χ3n) is 6.70. The van der Waals surface area contributed by atoms with E-state index < -0.39 is 23.3 Å². The molecule has 0 radical (unpaired) electrons. The molecule has 0 spiro atoms. The number of rotatable bonds is 7. The van der Waals surface area contributed by atoms with Gasteiger partial charge in [0.15, 0.2) is 23.3 Å². The highest BCUT2D eigenvalue weighted by molar-refractivity contribution is 5.65. The van der Waals surface area contributed by atoms with E-state index in [2.05, 4.69) is 0 Å². The summed E-state index contributed by atoms with van der Waals surface area (Å²) in [6.07, 6.45) is 6.31. The van der Waals surface area contributed by atoms with Crippen LogP contribution < -0.4 is 0 Å². The molecule has 1 aliphatic carbocycles. The van der Waals surface area contributed by atoms with Crippen molar-refractivity contribution in [2.45, 2.75) is 45.1 Å². The van der Waals surface area contributed by atoms with E-state index in [-0.39, 0.29) is 40.9 Å². The van der Waals surface area contributed by atoms with Crippen molar-refractivity contribution in [2.24, 2.45) is 5.92 Å². The number of allylic oxidation sites excluding steroid dienone is 1. The first kappa shape index (κ1) is 25.0. The van der Waals surface area contributed by atoms with Gasteiger partial charge in [0.05, 0.1) is 6.61 Å². The lowest BCUT2D eigenvalue weighted by Gasteiger charge is -2.27. The zero-order valence-corrected chi connectivity index (χ0v) is 19.5. The van der Waals surface area contributed by atoms with Crippen LogP contribution in [0.25, 0.3) is 17.2 Å². The van der Waals surface area contributed by atoms with Crippen molar-refractivity contribution in [1.82, 2.24) is 0 Å². The maximum absolute atomic E-state index is 14.9. The number of hydrogen-bond donors (Lipinski definition) is 1. The van der Waals surface area contributed by atoms with Crippen molar-refractivity contribution in [3.63, 3.8) is 0 Å². The second kappa shape index (κ2) is 11.1. The van der Waals surface area contributed by atoms with Crippen LogP contribution >= 0.6 is 0 Å². The predicted octanol–water partition coefficient (Wildman–Crippen LogP) is 8.14. The number of phenols is 1. The summed E-state index contributed by atoms with van der Waals surface area (Å²) >= 11 is 0. The average Bonchev–Trinajstić information content (AvgIpc) is 2.87. The van der Waals surface area contributed by atoms with Crippen LogP contribution in [0.3, 0.4) is 0 Å². The van der Waals surface area contributed by atoms with E-state index in [0.29, 0.717) is 30.6 Å². The summed E-state index contributed by atoms with van der Waals surface area (Å²) < 4.78 is 63.6. The number of ether oxygens (including phenoxy) is 1. The molecule has 2 nitrogen and oxygen atoms in total. The molecule has 0 unspecified atom stereocenters. The fraction of sp³-hybridized carbons (Fsp3) is 0.310. The Balaban J connectivity index is 1.41. The molecule has 0 aliphatic heterocycles. The summed E-state index contributed by atoms with van der Waals surface area (Å²) in [6, 6.07) is 12.3. The molecule has 0 saturated heterocycles. The Labute approximate surface area is 202 Å². The van der Waals surface area contributed by atoms with Crippen LogP contribution in [0.4, 0.5) is 17.6 Å². The van der Waals surface area contributed by atoms with Crippen molar-refractivity contribution < 1.29 is 27.4 Å². The number of phenolic OH excluding ortho intramolecular Hbond substituents is 1. The van der Waals surface area contributed by atoms with Gasteiger partial charge in [0.2, 0.25) is 0 Å². The van der Waals surface area contributed by atoms with Crippen molar-refractivity contribution in [1.29, 1.82) is 0 Å². The van der Waals surface area contributed by atoms with E-state index in [9.17, 15) is 22.7 Å². The van der Waals surface area contributed by atoms with Crippen LogP contribution in [0.5, 0.6) is 5.75 Å². The molecule has 1 aliphatic rings. The molecule has 184 valence electrons. The van der Waals surface area contributed by atoms with Crippen LogP contribution in [-0.4, -0.2) is 11.7 Å². The highest BCUT2D eigenvalue weighted by Gasteiger charge is 2.26. The van der Waals surface area contributed by atoms with Gasteiger partial charge < -0.3 is 9.84 Å². The van der Waals surface area contributed by atoms with Gasteiger partial charge in [-0.05, 0) is 67.7 Å². The smallest absolute Gasteiger partial charge is 0.166 e. The topological polar surface area (TPSA) is 29.5 Å². The van der Waals surface area contributed by atoms with Crippen LogP contribution in [0, 0.1) is 29.2 Å². The Morgan fingerprint density at radius 2 is 1.54 bits per heavy atom. The average molecular weight is 485 g/mol. The third kappa shape index (κ3) is 5.59. The summed E-state index contributed by atoms with van der Waals surface area (Å²) in [7, 11) is 0. The fourth-order valence-corrected chi connectivity index (χ4v) is 4.66. The Morgan fingerprint density at radius 3 is 2.23 bits per heavy atom. The molecule has 1 saturated carbocycles. The number of halogens is 4. The lowest BCUT2D eigenvalue weighted by molar-refractivity contribution is 0.131. The van der Waals surface area contributed by atoms with Crippen LogP contribution in [0.2, 0.25) is 0 Å². The molecule has 0 heterocycles. The molecule has 0 bridgehead atoms. The first-order valence-corrected chi connectivity index (χ1v) is 11.9. The van der Waals surface area contributed by atoms with E-state index in [1.165, 1.54) is 18.2 Å². The third-order valence-corrected chi connectivity index (χ3v) is 6.70. The van der Waals surface area contributed by atoms with Crippen molar-refractivity contribution in [3.05, 3.63) is 94.6 Å². The Bertz CT molecular complexity index is 1200. The molecule has 3 aromatic rings. The number of hydrogen-bond acceptors (Lipinski definition) is 2. The SMILES string of the molecule is CCOCc1ccc(/C=C/C2CCC(c3ccc(-c4ccc(O)cc4)c(F)c3F)CC2)c(F)c1F. The molecule has 0 amide bonds. The standard InChI is InChI=1S/C29H28F4O2/c1-2-35-17-22-10-9-21(26(30)27(22)31)8-5-18-3-6-19(7-4-18)24-15-16-25(29(33)28(24)32)20-11-13-23(34)14-12-20/h5,8-16,18-19,34H,2-4,6-7,17H2,1H3/b8-5+. The molecule has 6 heteroatoms. The molecule has 0 atom stereocenters. The zero-order valence-electron chi connectivity index (χ0n) is 19.5. The monoisotopic (exact) mass is 484 g/mol. The van der Waals surface area contributed by atoms with Gasteiger partial charge in [0.25, 0.3) is 0 Å². The summed E-state index contributed by atoms with van der Waals surface area (Å²) in [5, 5.41) is 9.42. The van der Waals surface area contributed by atoms with Gasteiger partial charge in [-0.3, -0.25) is 0 Å². The lowest BCUT2D eigenvalue weighted by atomic mass is 9.78. The predicted molar refractivity (Wildman–Crippen MR) is 129 cm³/mol. The van der Waals surface area contributed by atoms with E-state index >= 15 is 0 Å². The van der Waals surface area contributed by atoms with Crippen molar-refractivity contribution in [3.8, 4) is 16.9 Å². The van der Waals surface area contributed by atoms with Gasteiger partial charge in [0.1, 0.15) is 5.75 Å². The molecule has 1 N–H and O–H groups in total. The second-order valence-electron chi connectivity index (χ2n) is 8.93. The van der Waals surface area contributed by atoms with Gasteiger partial charge in [0, 0.05) is 23.3 Å². The molecule has 3 aromatic carbocycles. The van der Waals surface area contributed by atoms with Gasteiger partial charge in [-0.2, -0.15) is 0 Å². The van der Waals surface area contributed by atoms with Gasteiger partial charge in [-0.1, -0.05) is 48.6 Å². The quantitative estimate of drug-likeness (QED) is 0.343.